The van der Waals surface area contributed by atoms with E-state index in [1.807, 2.05) is 0 Å². The molecule has 0 amide bonds. The van der Waals surface area contributed by atoms with Gasteiger partial charge in [0.05, 0.1) is 6.10 Å². The van der Waals surface area contributed by atoms with Crippen LogP contribution < -0.4 is 0 Å². The summed E-state index contributed by atoms with van der Waals surface area (Å²) in [6.45, 7) is 13.7. The summed E-state index contributed by atoms with van der Waals surface area (Å²) in [4.78, 5) is 0. The molecule has 0 N–H and O–H groups in total. The van der Waals surface area contributed by atoms with E-state index in [4.69, 9.17) is 4.43 Å². The van der Waals surface area contributed by atoms with Crippen LogP contribution in [0.15, 0.2) is 12.2 Å². The van der Waals surface area contributed by atoms with Gasteiger partial charge in [-0.25, -0.2) is 0 Å². The first kappa shape index (κ1) is 22.0. The van der Waals surface area contributed by atoms with Crippen molar-refractivity contribution in [2.45, 2.75) is 123 Å². The van der Waals surface area contributed by atoms with Gasteiger partial charge in [-0.2, -0.15) is 0 Å². The molecule has 1 atom stereocenters. The lowest BCUT2D eigenvalue weighted by Crippen LogP contribution is -2.38. The first-order chi connectivity index (χ1) is 11.4. The molecule has 0 aliphatic heterocycles. The number of hydrogen-bond donors (Lipinski definition) is 0. The van der Waals surface area contributed by atoms with Crippen LogP contribution in [0.1, 0.15) is 96.8 Å². The van der Waals surface area contributed by atoms with Gasteiger partial charge in [-0.1, -0.05) is 77.7 Å². The Balaban J connectivity index is 2.30. The summed E-state index contributed by atoms with van der Waals surface area (Å²) in [5.74, 6) is 0.743. The Kier molecular flexibility index (Phi) is 11.3. The maximum atomic E-state index is 6.60. The average Bonchev–Trinajstić information content (AvgIpc) is 2.55. The van der Waals surface area contributed by atoms with Crippen molar-refractivity contribution < 1.29 is 4.43 Å². The molecule has 0 aromatic carbocycles. The molecule has 0 spiro atoms. The van der Waals surface area contributed by atoms with Crippen molar-refractivity contribution in [1.82, 2.24) is 0 Å². The second-order valence-corrected chi connectivity index (χ2v) is 13.4. The highest BCUT2D eigenvalue weighted by molar-refractivity contribution is 6.69. The quantitative estimate of drug-likeness (QED) is 0.186. The summed E-state index contributed by atoms with van der Waals surface area (Å²) < 4.78 is 6.60. The van der Waals surface area contributed by atoms with E-state index < -0.39 is 8.32 Å². The van der Waals surface area contributed by atoms with Crippen molar-refractivity contribution in [1.29, 1.82) is 0 Å². The molecule has 24 heavy (non-hydrogen) atoms. The lowest BCUT2D eigenvalue weighted by atomic mass is 9.82. The molecule has 0 saturated heterocycles. The maximum Gasteiger partial charge on any atom is 0.184 e. The normalized spacial score (nSPS) is 17.8. The molecule has 1 nitrogen and oxygen atoms in total. The third-order valence-corrected chi connectivity index (χ3v) is 6.27. The number of hydrogen-bond acceptors (Lipinski definition) is 1. The maximum absolute atomic E-state index is 6.60. The van der Waals surface area contributed by atoms with E-state index in [1.165, 1.54) is 95.5 Å². The van der Waals surface area contributed by atoms with Gasteiger partial charge in [0.15, 0.2) is 8.32 Å². The molecular weight excluding hydrogens is 308 g/mol. The highest BCUT2D eigenvalue weighted by Gasteiger charge is 2.30. The van der Waals surface area contributed by atoms with E-state index in [9.17, 15) is 0 Å². The summed E-state index contributed by atoms with van der Waals surface area (Å²) >= 11 is 0. The topological polar surface area (TPSA) is 9.23 Å². The third-order valence-electron chi connectivity index (χ3n) is 5.31. The van der Waals surface area contributed by atoms with E-state index in [-0.39, 0.29) is 0 Å². The van der Waals surface area contributed by atoms with Gasteiger partial charge in [-0.05, 0) is 56.8 Å². The Morgan fingerprint density at radius 2 is 1.46 bits per heavy atom. The molecule has 0 heterocycles. The lowest BCUT2D eigenvalue weighted by Gasteiger charge is -2.36. The fraction of sp³-hybridized carbons (Fsp3) is 0.909. The molecule has 1 fully saturated rings. The minimum absolute atomic E-state index is 0.349. The molecule has 0 aromatic heterocycles. The van der Waals surface area contributed by atoms with Crippen LogP contribution in [0.5, 0.6) is 0 Å². The average molecular weight is 353 g/mol. The SMILES string of the molecule is C=C(CCCCCCCCCC)C(O[Si](C)(C)C)C1CCCCC1. The predicted octanol–water partition coefficient (Wildman–Crippen LogP) is 7.87. The second kappa shape index (κ2) is 12.3. The van der Waals surface area contributed by atoms with Crippen LogP contribution in [0.2, 0.25) is 19.6 Å². The van der Waals surface area contributed by atoms with Gasteiger partial charge in [0.2, 0.25) is 0 Å². The third kappa shape index (κ3) is 10.0. The minimum atomic E-state index is -1.50. The predicted molar refractivity (Wildman–Crippen MR) is 111 cm³/mol. The van der Waals surface area contributed by atoms with Crippen molar-refractivity contribution in [3.8, 4) is 0 Å². The summed E-state index contributed by atoms with van der Waals surface area (Å²) in [6, 6.07) is 0. The first-order valence-electron chi connectivity index (χ1n) is 10.8. The Labute approximate surface area is 153 Å². The first-order valence-corrected chi connectivity index (χ1v) is 14.2. The van der Waals surface area contributed by atoms with Crippen molar-refractivity contribution >= 4 is 8.32 Å². The van der Waals surface area contributed by atoms with E-state index in [1.54, 1.807) is 0 Å². The van der Waals surface area contributed by atoms with Gasteiger partial charge in [0.25, 0.3) is 0 Å². The molecular formula is C22H44OSi. The summed E-state index contributed by atoms with van der Waals surface area (Å²) in [7, 11) is -1.50. The Bertz CT molecular complexity index is 325. The number of unbranched alkanes of at least 4 members (excludes halogenated alkanes) is 7. The van der Waals surface area contributed by atoms with Crippen LogP contribution in [0, 0.1) is 5.92 Å². The van der Waals surface area contributed by atoms with Gasteiger partial charge in [0.1, 0.15) is 0 Å². The molecule has 142 valence electrons. The molecule has 0 aromatic rings. The zero-order valence-electron chi connectivity index (χ0n) is 17.2. The largest absolute Gasteiger partial charge is 0.411 e. The molecule has 1 saturated carbocycles. The van der Waals surface area contributed by atoms with Crippen LogP contribution in [-0.2, 0) is 4.43 Å². The molecule has 1 aliphatic rings. The minimum Gasteiger partial charge on any atom is -0.411 e. The lowest BCUT2D eigenvalue weighted by molar-refractivity contribution is 0.127. The highest BCUT2D eigenvalue weighted by atomic mass is 28.4. The zero-order valence-corrected chi connectivity index (χ0v) is 18.2. The van der Waals surface area contributed by atoms with Gasteiger partial charge < -0.3 is 4.43 Å². The molecule has 1 rings (SSSR count). The highest BCUT2D eigenvalue weighted by Crippen LogP contribution is 2.34. The van der Waals surface area contributed by atoms with Crippen LogP contribution in [0.4, 0.5) is 0 Å². The van der Waals surface area contributed by atoms with Crippen LogP contribution in [0.3, 0.4) is 0 Å². The molecule has 1 aliphatic carbocycles. The van der Waals surface area contributed by atoms with E-state index >= 15 is 0 Å². The summed E-state index contributed by atoms with van der Waals surface area (Å²) in [5, 5.41) is 0. The van der Waals surface area contributed by atoms with E-state index in [0.717, 1.165) is 5.92 Å². The van der Waals surface area contributed by atoms with Crippen LogP contribution in [-0.4, -0.2) is 14.4 Å². The smallest absolute Gasteiger partial charge is 0.184 e. The van der Waals surface area contributed by atoms with Crippen molar-refractivity contribution in [3.63, 3.8) is 0 Å². The molecule has 2 heteroatoms. The summed E-state index contributed by atoms with van der Waals surface area (Å²) in [5.41, 5.74) is 1.40. The Morgan fingerprint density at radius 1 is 0.917 bits per heavy atom. The Morgan fingerprint density at radius 3 is 2.00 bits per heavy atom. The molecule has 1 unspecified atom stereocenters. The van der Waals surface area contributed by atoms with Crippen LogP contribution in [0.25, 0.3) is 0 Å². The fourth-order valence-corrected chi connectivity index (χ4v) is 5.08. The number of rotatable bonds is 13. The standard InChI is InChI=1S/C22H44OSi/c1-6-7-8-9-10-11-12-14-17-20(2)22(23-24(3,4)5)21-18-15-13-16-19-21/h21-22H,2,6-19H2,1,3-5H3. The van der Waals surface area contributed by atoms with Gasteiger partial charge in [-0.3, -0.25) is 0 Å². The van der Waals surface area contributed by atoms with E-state index in [2.05, 4.69) is 33.1 Å². The van der Waals surface area contributed by atoms with E-state index in [0.29, 0.717) is 6.10 Å². The second-order valence-electron chi connectivity index (χ2n) is 8.93. The molecule has 0 radical (unpaired) electrons. The van der Waals surface area contributed by atoms with Crippen molar-refractivity contribution in [2.24, 2.45) is 5.92 Å². The van der Waals surface area contributed by atoms with Gasteiger partial charge >= 0.3 is 0 Å². The van der Waals surface area contributed by atoms with Gasteiger partial charge in [0, 0.05) is 0 Å². The molecule has 0 bridgehead atoms. The van der Waals surface area contributed by atoms with Crippen LogP contribution >= 0.6 is 0 Å². The van der Waals surface area contributed by atoms with Crippen molar-refractivity contribution in [2.75, 3.05) is 0 Å². The summed E-state index contributed by atoms with van der Waals surface area (Å²) in [6.07, 6.45) is 19.6. The van der Waals surface area contributed by atoms with Crippen molar-refractivity contribution in [3.05, 3.63) is 12.2 Å². The fourth-order valence-electron chi connectivity index (χ4n) is 3.96. The monoisotopic (exact) mass is 352 g/mol. The zero-order chi connectivity index (χ0) is 17.8. The van der Waals surface area contributed by atoms with Gasteiger partial charge in [-0.15, -0.1) is 0 Å². The Hall–Kier alpha value is -0.0831.